The Hall–Kier alpha value is -2.64. The van der Waals surface area contributed by atoms with Crippen molar-refractivity contribution in [2.75, 3.05) is 18.1 Å². The van der Waals surface area contributed by atoms with Gasteiger partial charge in [0.15, 0.2) is 0 Å². The molecule has 3 amide bonds. The molecule has 1 unspecified atom stereocenters. The molecule has 2 N–H and O–H groups in total. The van der Waals surface area contributed by atoms with Gasteiger partial charge in [0.1, 0.15) is 17.6 Å². The molecule has 1 aliphatic rings. The topological polar surface area (TPSA) is 81.1 Å². The first kappa shape index (κ1) is 19.1. The Morgan fingerprint density at radius 3 is 2.41 bits per heavy atom. The second kappa shape index (κ2) is 7.94. The van der Waals surface area contributed by atoms with E-state index in [1.54, 1.807) is 12.1 Å². The van der Waals surface area contributed by atoms with Crippen LogP contribution in [0.3, 0.4) is 0 Å². The van der Waals surface area contributed by atoms with Crippen molar-refractivity contribution < 1.29 is 24.2 Å². The van der Waals surface area contributed by atoms with Crippen LogP contribution in [0, 0.1) is 5.82 Å². The third kappa shape index (κ3) is 3.74. The molecule has 3 rings (SSSR count). The predicted molar refractivity (Wildman–Crippen MR) is 98.2 cm³/mol. The number of imide groups is 1. The van der Waals surface area contributed by atoms with Gasteiger partial charge in [-0.2, -0.15) is 0 Å². The Bertz CT molecular complexity index is 859. The van der Waals surface area contributed by atoms with Gasteiger partial charge in [-0.05, 0) is 48.7 Å². The normalized spacial score (nSPS) is 17.1. The highest BCUT2D eigenvalue weighted by molar-refractivity contribution is 6.31. The standard InChI is InChI=1S/C19H18ClFN2O4/c20-15-11-13(5-8-16(15)21)23-18(26)17(12-3-6-14(25)7-4-12)22(19(23)27)9-1-2-10-24/h3-8,11,17,24-25H,1-2,9-10H2. The lowest BCUT2D eigenvalue weighted by Gasteiger charge is -2.22. The van der Waals surface area contributed by atoms with Gasteiger partial charge in [0.2, 0.25) is 0 Å². The van der Waals surface area contributed by atoms with Gasteiger partial charge in [-0.25, -0.2) is 14.1 Å². The second-order valence-electron chi connectivity index (χ2n) is 6.17. The summed E-state index contributed by atoms with van der Waals surface area (Å²) < 4.78 is 13.5. The molecule has 2 aromatic rings. The number of benzene rings is 2. The van der Waals surface area contributed by atoms with Crippen LogP contribution in [-0.4, -0.2) is 40.2 Å². The van der Waals surface area contributed by atoms with E-state index in [1.807, 2.05) is 0 Å². The zero-order chi connectivity index (χ0) is 19.6. The van der Waals surface area contributed by atoms with Gasteiger partial charge in [-0.1, -0.05) is 23.7 Å². The fourth-order valence-corrected chi connectivity index (χ4v) is 3.22. The minimum atomic E-state index is -0.874. The van der Waals surface area contributed by atoms with E-state index in [4.69, 9.17) is 16.7 Å². The van der Waals surface area contributed by atoms with E-state index >= 15 is 0 Å². The molecule has 2 aromatic carbocycles. The molecule has 0 radical (unpaired) electrons. The number of phenols is 1. The lowest BCUT2D eigenvalue weighted by molar-refractivity contribution is -0.119. The van der Waals surface area contributed by atoms with E-state index in [-0.39, 0.29) is 29.6 Å². The van der Waals surface area contributed by atoms with Crippen molar-refractivity contribution in [3.05, 3.63) is 58.9 Å². The molecule has 0 saturated carbocycles. The summed E-state index contributed by atoms with van der Waals surface area (Å²) in [5, 5.41) is 18.3. The van der Waals surface area contributed by atoms with Gasteiger partial charge in [-0.3, -0.25) is 4.79 Å². The number of anilines is 1. The number of aliphatic hydroxyl groups is 1. The van der Waals surface area contributed by atoms with Gasteiger partial charge in [0.25, 0.3) is 5.91 Å². The first-order chi connectivity index (χ1) is 12.9. The summed E-state index contributed by atoms with van der Waals surface area (Å²) >= 11 is 5.80. The molecule has 0 bridgehead atoms. The summed E-state index contributed by atoms with van der Waals surface area (Å²) in [6, 6.07) is 8.27. The molecule has 142 valence electrons. The smallest absolute Gasteiger partial charge is 0.332 e. The summed E-state index contributed by atoms with van der Waals surface area (Å²) in [6.45, 7) is 0.249. The average Bonchev–Trinajstić information content (AvgIpc) is 2.89. The quantitative estimate of drug-likeness (QED) is 0.582. The Labute approximate surface area is 160 Å². The Balaban J connectivity index is 1.98. The van der Waals surface area contributed by atoms with Gasteiger partial charge in [0.05, 0.1) is 10.7 Å². The molecule has 1 heterocycles. The molecule has 0 aliphatic carbocycles. The SMILES string of the molecule is O=C1C(c2ccc(O)cc2)N(CCCCO)C(=O)N1c1ccc(F)c(Cl)c1. The van der Waals surface area contributed by atoms with Gasteiger partial charge in [-0.15, -0.1) is 0 Å². The van der Waals surface area contributed by atoms with Crippen LogP contribution >= 0.6 is 11.6 Å². The number of carbonyl (C=O) groups is 2. The molecular formula is C19H18ClFN2O4. The number of aliphatic hydroxyl groups excluding tert-OH is 1. The highest BCUT2D eigenvalue weighted by atomic mass is 35.5. The maximum atomic E-state index is 13.5. The molecule has 1 fully saturated rings. The number of unbranched alkanes of at least 4 members (excludes halogenated alkanes) is 1. The van der Waals surface area contributed by atoms with Crippen molar-refractivity contribution >= 4 is 29.2 Å². The number of hydrogen-bond acceptors (Lipinski definition) is 4. The van der Waals surface area contributed by atoms with Gasteiger partial charge >= 0.3 is 6.03 Å². The number of aromatic hydroxyl groups is 1. The van der Waals surface area contributed by atoms with Crippen LogP contribution in [0.4, 0.5) is 14.9 Å². The summed E-state index contributed by atoms with van der Waals surface area (Å²) in [5.74, 6) is -1.09. The van der Waals surface area contributed by atoms with Crippen LogP contribution in [0.2, 0.25) is 5.02 Å². The molecule has 0 spiro atoms. The van der Waals surface area contributed by atoms with E-state index in [1.165, 1.54) is 29.2 Å². The maximum Gasteiger partial charge on any atom is 0.332 e. The first-order valence-electron chi connectivity index (χ1n) is 8.43. The average molecular weight is 393 g/mol. The fraction of sp³-hybridized carbons (Fsp3) is 0.263. The predicted octanol–water partition coefficient (Wildman–Crippen LogP) is 3.47. The largest absolute Gasteiger partial charge is 0.508 e. The fourth-order valence-electron chi connectivity index (χ4n) is 3.05. The molecule has 1 saturated heterocycles. The molecule has 1 atom stereocenters. The van der Waals surface area contributed by atoms with Gasteiger partial charge < -0.3 is 15.1 Å². The zero-order valence-electron chi connectivity index (χ0n) is 14.3. The summed E-state index contributed by atoms with van der Waals surface area (Å²) in [4.78, 5) is 28.4. The second-order valence-corrected chi connectivity index (χ2v) is 6.58. The van der Waals surface area contributed by atoms with E-state index in [2.05, 4.69) is 0 Å². The van der Waals surface area contributed by atoms with Crippen LogP contribution in [0.1, 0.15) is 24.4 Å². The van der Waals surface area contributed by atoms with E-state index < -0.39 is 23.8 Å². The van der Waals surface area contributed by atoms with E-state index in [0.717, 1.165) is 11.0 Å². The zero-order valence-corrected chi connectivity index (χ0v) is 15.1. The number of rotatable bonds is 6. The van der Waals surface area contributed by atoms with Gasteiger partial charge in [0, 0.05) is 13.2 Å². The van der Waals surface area contributed by atoms with Crippen molar-refractivity contribution in [1.82, 2.24) is 4.90 Å². The minimum absolute atomic E-state index is 0.0167. The van der Waals surface area contributed by atoms with E-state index in [9.17, 15) is 19.1 Å². The number of carbonyl (C=O) groups excluding carboxylic acids is 2. The molecule has 8 heteroatoms. The van der Waals surface area contributed by atoms with Crippen LogP contribution in [0.15, 0.2) is 42.5 Å². The Kier molecular flexibility index (Phi) is 5.62. The number of nitrogens with zero attached hydrogens (tertiary/aromatic N) is 2. The minimum Gasteiger partial charge on any atom is -0.508 e. The summed E-state index contributed by atoms with van der Waals surface area (Å²) in [5.41, 5.74) is 0.732. The molecule has 1 aliphatic heterocycles. The highest BCUT2D eigenvalue weighted by Gasteiger charge is 2.46. The van der Waals surface area contributed by atoms with Crippen LogP contribution in [0.5, 0.6) is 5.75 Å². The van der Waals surface area contributed by atoms with Crippen molar-refractivity contribution in [2.45, 2.75) is 18.9 Å². The third-order valence-corrected chi connectivity index (χ3v) is 4.67. The Morgan fingerprint density at radius 1 is 1.07 bits per heavy atom. The van der Waals surface area contributed by atoms with Crippen LogP contribution in [0.25, 0.3) is 0 Å². The number of amides is 3. The number of halogens is 2. The third-order valence-electron chi connectivity index (χ3n) is 4.38. The molecule has 27 heavy (non-hydrogen) atoms. The van der Waals surface area contributed by atoms with E-state index in [0.29, 0.717) is 18.4 Å². The van der Waals surface area contributed by atoms with Crippen molar-refractivity contribution in [1.29, 1.82) is 0 Å². The highest BCUT2D eigenvalue weighted by Crippen LogP contribution is 2.36. The molecular weight excluding hydrogens is 375 g/mol. The first-order valence-corrected chi connectivity index (χ1v) is 8.81. The maximum absolute atomic E-state index is 13.5. The van der Waals surface area contributed by atoms with Crippen molar-refractivity contribution in [2.24, 2.45) is 0 Å². The van der Waals surface area contributed by atoms with Crippen LogP contribution in [-0.2, 0) is 4.79 Å². The monoisotopic (exact) mass is 392 g/mol. The van der Waals surface area contributed by atoms with Crippen LogP contribution < -0.4 is 4.90 Å². The molecule has 6 nitrogen and oxygen atoms in total. The number of hydrogen-bond donors (Lipinski definition) is 2. The van der Waals surface area contributed by atoms with Crippen molar-refractivity contribution in [3.8, 4) is 5.75 Å². The van der Waals surface area contributed by atoms with Crippen molar-refractivity contribution in [3.63, 3.8) is 0 Å². The molecule has 0 aromatic heterocycles. The summed E-state index contributed by atoms with van der Waals surface area (Å²) in [6.07, 6.45) is 1.00. The lowest BCUT2D eigenvalue weighted by Crippen LogP contribution is -2.33. The number of phenolic OH excluding ortho intramolecular Hbond substituents is 1. The number of urea groups is 1. The summed E-state index contributed by atoms with van der Waals surface area (Å²) in [7, 11) is 0. The lowest BCUT2D eigenvalue weighted by atomic mass is 10.1. The Morgan fingerprint density at radius 2 is 1.78 bits per heavy atom.